The molecule has 2 rings (SSSR count). The largest absolute Gasteiger partial charge is 0.478 e. The molecule has 1 N–H and O–H groups in total. The van der Waals surface area contributed by atoms with Gasteiger partial charge < -0.3 is 5.11 Å². The van der Waals surface area contributed by atoms with Crippen molar-refractivity contribution in [3.63, 3.8) is 0 Å². The Balaban J connectivity index is 2.61. The molecule has 17 heavy (non-hydrogen) atoms. The standard InChI is InChI=1S/C12H12N2O2S/c1-6-4-17-5-9(6)11-13-7(2)10(12(15)16)8(3)14-11/h4-5H,1-3H3,(H,15,16). The number of carboxylic acids is 1. The molecule has 2 aromatic rings. The van der Waals surface area contributed by atoms with Crippen LogP contribution in [0.3, 0.4) is 0 Å². The zero-order valence-electron chi connectivity index (χ0n) is 9.81. The second-order valence-electron chi connectivity index (χ2n) is 3.87. The molecule has 0 aliphatic rings. The van der Waals surface area contributed by atoms with Gasteiger partial charge in [-0.05, 0) is 31.7 Å². The first-order valence-corrected chi connectivity index (χ1v) is 6.06. The molecule has 0 aliphatic heterocycles. The van der Waals surface area contributed by atoms with E-state index in [1.54, 1.807) is 25.2 Å². The third-order valence-electron chi connectivity index (χ3n) is 2.58. The lowest BCUT2D eigenvalue weighted by atomic mass is 10.1. The van der Waals surface area contributed by atoms with Crippen LogP contribution in [0, 0.1) is 20.8 Å². The predicted octanol–water partition coefficient (Wildman–Crippen LogP) is 2.83. The fraction of sp³-hybridized carbons (Fsp3) is 0.250. The van der Waals surface area contributed by atoms with Gasteiger partial charge in [0.15, 0.2) is 5.82 Å². The van der Waals surface area contributed by atoms with Crippen LogP contribution in [0.1, 0.15) is 27.3 Å². The van der Waals surface area contributed by atoms with Gasteiger partial charge in [-0.2, -0.15) is 11.3 Å². The Labute approximate surface area is 103 Å². The highest BCUT2D eigenvalue weighted by atomic mass is 32.1. The number of carbonyl (C=O) groups is 1. The van der Waals surface area contributed by atoms with Gasteiger partial charge in [0.1, 0.15) is 5.56 Å². The molecular weight excluding hydrogens is 236 g/mol. The van der Waals surface area contributed by atoms with E-state index >= 15 is 0 Å². The maximum absolute atomic E-state index is 11.0. The Kier molecular flexibility index (Phi) is 2.93. The maximum Gasteiger partial charge on any atom is 0.339 e. The van der Waals surface area contributed by atoms with Crippen LogP contribution in [0.25, 0.3) is 11.4 Å². The summed E-state index contributed by atoms with van der Waals surface area (Å²) >= 11 is 1.59. The van der Waals surface area contributed by atoms with Crippen molar-refractivity contribution in [2.24, 2.45) is 0 Å². The summed E-state index contributed by atoms with van der Waals surface area (Å²) in [5, 5.41) is 13.0. The number of aromatic nitrogens is 2. The first-order valence-electron chi connectivity index (χ1n) is 5.12. The number of rotatable bonds is 2. The number of thiophene rings is 1. The average Bonchev–Trinajstić information content (AvgIpc) is 2.62. The Morgan fingerprint density at radius 2 is 1.76 bits per heavy atom. The second kappa shape index (κ2) is 4.25. The van der Waals surface area contributed by atoms with Gasteiger partial charge in [0.2, 0.25) is 0 Å². The summed E-state index contributed by atoms with van der Waals surface area (Å²) in [7, 11) is 0. The minimum atomic E-state index is -0.978. The summed E-state index contributed by atoms with van der Waals surface area (Å²) in [5.41, 5.74) is 3.29. The highest BCUT2D eigenvalue weighted by molar-refractivity contribution is 7.08. The summed E-state index contributed by atoms with van der Waals surface area (Å²) in [4.78, 5) is 19.6. The van der Waals surface area contributed by atoms with Gasteiger partial charge in [-0.3, -0.25) is 0 Å². The first kappa shape index (κ1) is 11.7. The number of hydrogen-bond donors (Lipinski definition) is 1. The van der Waals surface area contributed by atoms with Crippen molar-refractivity contribution < 1.29 is 9.90 Å². The van der Waals surface area contributed by atoms with Crippen molar-refractivity contribution in [1.82, 2.24) is 9.97 Å². The van der Waals surface area contributed by atoms with Crippen molar-refractivity contribution in [2.45, 2.75) is 20.8 Å². The van der Waals surface area contributed by atoms with E-state index in [1.807, 2.05) is 17.7 Å². The van der Waals surface area contributed by atoms with Crippen molar-refractivity contribution >= 4 is 17.3 Å². The summed E-state index contributed by atoms with van der Waals surface area (Å²) < 4.78 is 0. The average molecular weight is 248 g/mol. The smallest absolute Gasteiger partial charge is 0.339 e. The van der Waals surface area contributed by atoms with Crippen LogP contribution in [-0.4, -0.2) is 21.0 Å². The van der Waals surface area contributed by atoms with Crippen molar-refractivity contribution in [1.29, 1.82) is 0 Å². The summed E-state index contributed by atoms with van der Waals surface area (Å²) in [5.74, 6) is -0.377. The molecular formula is C12H12N2O2S. The van der Waals surface area contributed by atoms with E-state index < -0.39 is 5.97 Å². The highest BCUT2D eigenvalue weighted by Crippen LogP contribution is 2.25. The van der Waals surface area contributed by atoms with Crippen LogP contribution in [0.4, 0.5) is 0 Å². The van der Waals surface area contributed by atoms with Gasteiger partial charge in [0.05, 0.1) is 11.4 Å². The van der Waals surface area contributed by atoms with Crippen LogP contribution in [0.5, 0.6) is 0 Å². The van der Waals surface area contributed by atoms with Gasteiger partial charge in [0.25, 0.3) is 0 Å². The normalized spacial score (nSPS) is 10.5. The zero-order chi connectivity index (χ0) is 12.6. The summed E-state index contributed by atoms with van der Waals surface area (Å²) in [6.45, 7) is 5.39. The molecule has 0 spiro atoms. The number of nitrogens with zero attached hydrogens (tertiary/aromatic N) is 2. The monoisotopic (exact) mass is 248 g/mol. The Morgan fingerprint density at radius 1 is 1.18 bits per heavy atom. The fourth-order valence-corrected chi connectivity index (χ4v) is 2.56. The van der Waals surface area contributed by atoms with Gasteiger partial charge in [-0.15, -0.1) is 0 Å². The molecule has 0 saturated heterocycles. The van der Waals surface area contributed by atoms with Crippen LogP contribution in [0.2, 0.25) is 0 Å². The lowest BCUT2D eigenvalue weighted by Crippen LogP contribution is -2.08. The highest BCUT2D eigenvalue weighted by Gasteiger charge is 2.16. The van der Waals surface area contributed by atoms with Crippen LogP contribution in [0.15, 0.2) is 10.8 Å². The maximum atomic E-state index is 11.0. The Morgan fingerprint density at radius 3 is 2.18 bits per heavy atom. The SMILES string of the molecule is Cc1cscc1-c1nc(C)c(C(=O)O)c(C)n1. The van der Waals surface area contributed by atoms with Crippen LogP contribution >= 0.6 is 11.3 Å². The van der Waals surface area contributed by atoms with E-state index in [2.05, 4.69) is 9.97 Å². The van der Waals surface area contributed by atoms with Crippen molar-refractivity contribution in [3.05, 3.63) is 33.3 Å². The molecule has 4 nitrogen and oxygen atoms in total. The summed E-state index contributed by atoms with van der Waals surface area (Å²) in [6, 6.07) is 0. The molecule has 0 radical (unpaired) electrons. The van der Waals surface area contributed by atoms with E-state index in [4.69, 9.17) is 5.11 Å². The molecule has 2 aromatic heterocycles. The van der Waals surface area contributed by atoms with Crippen molar-refractivity contribution in [3.8, 4) is 11.4 Å². The fourth-order valence-electron chi connectivity index (χ4n) is 1.74. The van der Waals surface area contributed by atoms with E-state index in [0.717, 1.165) is 11.1 Å². The van der Waals surface area contributed by atoms with E-state index in [-0.39, 0.29) is 5.56 Å². The minimum Gasteiger partial charge on any atom is -0.478 e. The third kappa shape index (κ3) is 2.06. The second-order valence-corrected chi connectivity index (χ2v) is 4.61. The number of aromatic carboxylic acids is 1. The molecule has 0 aliphatic carbocycles. The van der Waals surface area contributed by atoms with Gasteiger partial charge in [-0.25, -0.2) is 14.8 Å². The zero-order valence-corrected chi connectivity index (χ0v) is 10.6. The van der Waals surface area contributed by atoms with Crippen LogP contribution < -0.4 is 0 Å². The number of aryl methyl sites for hydroxylation is 3. The number of hydrogen-bond acceptors (Lipinski definition) is 4. The molecule has 88 valence electrons. The Hall–Kier alpha value is -1.75. The minimum absolute atomic E-state index is 0.196. The molecule has 0 saturated carbocycles. The molecule has 0 fully saturated rings. The lowest BCUT2D eigenvalue weighted by Gasteiger charge is -2.07. The lowest BCUT2D eigenvalue weighted by molar-refractivity contribution is 0.0694. The van der Waals surface area contributed by atoms with Gasteiger partial charge in [0, 0.05) is 10.9 Å². The van der Waals surface area contributed by atoms with Crippen LogP contribution in [-0.2, 0) is 0 Å². The molecule has 5 heteroatoms. The van der Waals surface area contributed by atoms with Crippen molar-refractivity contribution in [2.75, 3.05) is 0 Å². The molecule has 0 aromatic carbocycles. The van der Waals surface area contributed by atoms with Gasteiger partial charge >= 0.3 is 5.97 Å². The third-order valence-corrected chi connectivity index (χ3v) is 3.44. The molecule has 0 amide bonds. The molecule has 0 unspecified atom stereocenters. The van der Waals surface area contributed by atoms with E-state index in [0.29, 0.717) is 17.2 Å². The molecule has 2 heterocycles. The summed E-state index contributed by atoms with van der Waals surface area (Å²) in [6.07, 6.45) is 0. The van der Waals surface area contributed by atoms with E-state index in [9.17, 15) is 4.79 Å². The Bertz CT molecular complexity index is 567. The van der Waals surface area contributed by atoms with E-state index in [1.165, 1.54) is 0 Å². The molecule has 0 bridgehead atoms. The quantitative estimate of drug-likeness (QED) is 0.887. The topological polar surface area (TPSA) is 63.1 Å². The first-order chi connectivity index (χ1) is 8.00. The molecule has 0 atom stereocenters. The predicted molar refractivity (Wildman–Crippen MR) is 66.5 cm³/mol. The van der Waals surface area contributed by atoms with Gasteiger partial charge in [-0.1, -0.05) is 0 Å². The number of carboxylic acid groups (broad SMARTS) is 1.